The number of rotatable bonds is 7. The molecule has 2 nitrogen and oxygen atoms in total. The zero-order valence-corrected chi connectivity index (χ0v) is 10.8. The fourth-order valence-electron chi connectivity index (χ4n) is 1.92. The monoisotopic (exact) mass is 230 g/mol. The summed E-state index contributed by atoms with van der Waals surface area (Å²) in [5, 5.41) is 12.1. The van der Waals surface area contributed by atoms with E-state index in [0.717, 1.165) is 19.4 Å². The van der Waals surface area contributed by atoms with Gasteiger partial charge in [-0.05, 0) is 30.9 Å². The first-order valence-corrected chi connectivity index (χ1v) is 6.43. The first-order valence-electron chi connectivity index (χ1n) is 6.43. The standard InChI is InChI=1S/C15H22N2/c1-3-15(9-11-16)17-12-10-13(2)14-7-5-4-6-8-14/h4-8,13,15,17H,3,9-10,12H2,1-2H3/t13-,15+/m1/s1. The van der Waals surface area contributed by atoms with Crippen LogP contribution < -0.4 is 5.32 Å². The number of hydrogen-bond donors (Lipinski definition) is 1. The maximum absolute atomic E-state index is 8.66. The average Bonchev–Trinajstić information content (AvgIpc) is 2.38. The lowest BCUT2D eigenvalue weighted by Crippen LogP contribution is -2.29. The number of hydrogen-bond acceptors (Lipinski definition) is 2. The van der Waals surface area contributed by atoms with Gasteiger partial charge in [-0.3, -0.25) is 0 Å². The van der Waals surface area contributed by atoms with Crippen LogP contribution >= 0.6 is 0 Å². The molecule has 0 saturated heterocycles. The summed E-state index contributed by atoms with van der Waals surface area (Å²) in [5.41, 5.74) is 1.39. The minimum absolute atomic E-state index is 0.350. The van der Waals surface area contributed by atoms with E-state index in [1.54, 1.807) is 0 Å². The summed E-state index contributed by atoms with van der Waals surface area (Å²) >= 11 is 0. The van der Waals surface area contributed by atoms with Crippen LogP contribution in [0.3, 0.4) is 0 Å². The Morgan fingerprint density at radius 2 is 2.00 bits per heavy atom. The first kappa shape index (κ1) is 13.7. The maximum Gasteiger partial charge on any atom is 0.0638 e. The van der Waals surface area contributed by atoms with Crippen molar-refractivity contribution in [2.24, 2.45) is 0 Å². The highest BCUT2D eigenvalue weighted by Gasteiger charge is 2.07. The molecular formula is C15H22N2. The highest BCUT2D eigenvalue weighted by atomic mass is 14.9. The maximum atomic E-state index is 8.66. The van der Waals surface area contributed by atoms with Gasteiger partial charge in [-0.15, -0.1) is 0 Å². The lowest BCUT2D eigenvalue weighted by atomic mass is 9.98. The lowest BCUT2D eigenvalue weighted by molar-refractivity contribution is 0.483. The average molecular weight is 230 g/mol. The summed E-state index contributed by atoms with van der Waals surface area (Å²) in [5.74, 6) is 0.572. The summed E-state index contributed by atoms with van der Waals surface area (Å²) in [6.45, 7) is 5.36. The summed E-state index contributed by atoms with van der Waals surface area (Å²) in [6.07, 6.45) is 2.75. The largest absolute Gasteiger partial charge is 0.313 e. The van der Waals surface area contributed by atoms with Crippen LogP contribution in [-0.4, -0.2) is 12.6 Å². The van der Waals surface area contributed by atoms with Gasteiger partial charge in [-0.2, -0.15) is 5.26 Å². The van der Waals surface area contributed by atoms with E-state index in [-0.39, 0.29) is 0 Å². The van der Waals surface area contributed by atoms with Crippen molar-refractivity contribution < 1.29 is 0 Å². The minimum Gasteiger partial charge on any atom is -0.313 e. The van der Waals surface area contributed by atoms with E-state index in [4.69, 9.17) is 5.26 Å². The van der Waals surface area contributed by atoms with E-state index in [1.807, 2.05) is 0 Å². The fraction of sp³-hybridized carbons (Fsp3) is 0.533. The first-order chi connectivity index (χ1) is 8.27. The summed E-state index contributed by atoms with van der Waals surface area (Å²) in [7, 11) is 0. The van der Waals surface area contributed by atoms with Crippen molar-refractivity contribution in [3.63, 3.8) is 0 Å². The van der Waals surface area contributed by atoms with Gasteiger partial charge in [-0.1, -0.05) is 44.2 Å². The van der Waals surface area contributed by atoms with Crippen molar-refractivity contribution in [2.75, 3.05) is 6.54 Å². The topological polar surface area (TPSA) is 35.8 Å². The second-order valence-electron chi connectivity index (χ2n) is 4.52. The van der Waals surface area contributed by atoms with Gasteiger partial charge in [0.25, 0.3) is 0 Å². The summed E-state index contributed by atoms with van der Waals surface area (Å²) in [6, 6.07) is 13.2. The number of benzene rings is 1. The molecule has 0 aliphatic carbocycles. The molecule has 0 aliphatic heterocycles. The molecule has 1 N–H and O–H groups in total. The Morgan fingerprint density at radius 1 is 1.29 bits per heavy atom. The van der Waals surface area contributed by atoms with Gasteiger partial charge in [0.2, 0.25) is 0 Å². The Morgan fingerprint density at radius 3 is 2.59 bits per heavy atom. The van der Waals surface area contributed by atoms with Crippen LogP contribution in [0.25, 0.3) is 0 Å². The highest BCUT2D eigenvalue weighted by Crippen LogP contribution is 2.17. The van der Waals surface area contributed by atoms with Gasteiger partial charge in [-0.25, -0.2) is 0 Å². The van der Waals surface area contributed by atoms with E-state index in [0.29, 0.717) is 18.4 Å². The van der Waals surface area contributed by atoms with Crippen molar-refractivity contribution in [3.05, 3.63) is 35.9 Å². The third kappa shape index (κ3) is 5.01. The molecule has 0 aromatic heterocycles. The van der Waals surface area contributed by atoms with E-state index in [1.165, 1.54) is 5.56 Å². The van der Waals surface area contributed by atoms with Crippen LogP contribution in [0, 0.1) is 11.3 Å². The predicted molar refractivity (Wildman–Crippen MR) is 71.8 cm³/mol. The molecule has 2 atom stereocenters. The molecule has 0 heterocycles. The van der Waals surface area contributed by atoms with E-state index in [2.05, 4.69) is 55.6 Å². The molecule has 17 heavy (non-hydrogen) atoms. The van der Waals surface area contributed by atoms with Crippen LogP contribution in [0.15, 0.2) is 30.3 Å². The minimum atomic E-state index is 0.350. The quantitative estimate of drug-likeness (QED) is 0.778. The van der Waals surface area contributed by atoms with Crippen molar-refractivity contribution in [1.29, 1.82) is 5.26 Å². The molecule has 0 unspecified atom stereocenters. The van der Waals surface area contributed by atoms with Gasteiger partial charge >= 0.3 is 0 Å². The smallest absolute Gasteiger partial charge is 0.0638 e. The van der Waals surface area contributed by atoms with E-state index < -0.39 is 0 Å². The second kappa shape index (κ2) is 7.86. The third-order valence-electron chi connectivity index (χ3n) is 3.21. The molecule has 0 radical (unpaired) electrons. The van der Waals surface area contributed by atoms with Crippen LogP contribution in [0.5, 0.6) is 0 Å². The molecule has 2 heteroatoms. The van der Waals surface area contributed by atoms with Crippen LogP contribution in [0.2, 0.25) is 0 Å². The number of nitrogens with one attached hydrogen (secondary N) is 1. The van der Waals surface area contributed by atoms with Crippen molar-refractivity contribution >= 4 is 0 Å². The molecule has 0 spiro atoms. The molecular weight excluding hydrogens is 208 g/mol. The van der Waals surface area contributed by atoms with Crippen LogP contribution in [0.4, 0.5) is 0 Å². The zero-order valence-electron chi connectivity index (χ0n) is 10.8. The SMILES string of the molecule is CC[C@@H](CC#N)NCC[C@@H](C)c1ccccc1. The molecule has 1 rings (SSSR count). The van der Waals surface area contributed by atoms with Crippen LogP contribution in [-0.2, 0) is 0 Å². The number of nitriles is 1. The Labute approximate surface area is 105 Å². The van der Waals surface area contributed by atoms with Crippen LogP contribution in [0.1, 0.15) is 44.6 Å². The Kier molecular flexibility index (Phi) is 6.35. The van der Waals surface area contributed by atoms with Gasteiger partial charge in [0.05, 0.1) is 12.5 Å². The molecule has 0 saturated carbocycles. The third-order valence-corrected chi connectivity index (χ3v) is 3.21. The van der Waals surface area contributed by atoms with Crippen molar-refractivity contribution in [2.45, 2.75) is 45.1 Å². The van der Waals surface area contributed by atoms with Crippen molar-refractivity contribution in [1.82, 2.24) is 5.32 Å². The molecule has 1 aromatic rings. The van der Waals surface area contributed by atoms with Crippen molar-refractivity contribution in [3.8, 4) is 6.07 Å². The Balaban J connectivity index is 2.29. The molecule has 0 amide bonds. The Hall–Kier alpha value is -1.33. The summed E-state index contributed by atoms with van der Waals surface area (Å²) in [4.78, 5) is 0. The Bertz CT molecular complexity index is 340. The summed E-state index contributed by atoms with van der Waals surface area (Å²) < 4.78 is 0. The highest BCUT2D eigenvalue weighted by molar-refractivity contribution is 5.18. The fourth-order valence-corrected chi connectivity index (χ4v) is 1.92. The van der Waals surface area contributed by atoms with E-state index >= 15 is 0 Å². The molecule has 0 fully saturated rings. The predicted octanol–water partition coefficient (Wildman–Crippen LogP) is 3.46. The lowest BCUT2D eigenvalue weighted by Gasteiger charge is -2.16. The van der Waals surface area contributed by atoms with Gasteiger partial charge in [0.15, 0.2) is 0 Å². The molecule has 1 aromatic carbocycles. The number of nitrogens with zero attached hydrogens (tertiary/aromatic N) is 1. The van der Waals surface area contributed by atoms with Gasteiger partial charge in [0.1, 0.15) is 0 Å². The molecule has 92 valence electrons. The molecule has 0 bridgehead atoms. The van der Waals surface area contributed by atoms with E-state index in [9.17, 15) is 0 Å². The van der Waals surface area contributed by atoms with Gasteiger partial charge < -0.3 is 5.32 Å². The van der Waals surface area contributed by atoms with Gasteiger partial charge in [0, 0.05) is 6.04 Å². The molecule has 0 aliphatic rings. The zero-order chi connectivity index (χ0) is 12.5. The normalized spacial score (nSPS) is 13.9. The second-order valence-corrected chi connectivity index (χ2v) is 4.52.